The summed E-state index contributed by atoms with van der Waals surface area (Å²) in [5.74, 6) is -0.183. The van der Waals surface area contributed by atoms with E-state index in [2.05, 4.69) is 6.58 Å². The zero-order valence-corrected chi connectivity index (χ0v) is 9.78. The molecule has 0 saturated carbocycles. The van der Waals surface area contributed by atoms with Crippen molar-refractivity contribution in [2.75, 3.05) is 12.5 Å². The molecular formula is C9H13ClO3S. The average Bonchev–Trinajstić information content (AvgIpc) is 2.10. The van der Waals surface area contributed by atoms with E-state index in [1.807, 2.05) is 0 Å². The van der Waals surface area contributed by atoms with E-state index in [0.29, 0.717) is 5.57 Å². The predicted molar refractivity (Wildman–Crippen MR) is 58.6 cm³/mol. The smallest absolute Gasteiger partial charge is 0.333 e. The summed E-state index contributed by atoms with van der Waals surface area (Å²) in [6, 6.07) is 0. The molecule has 0 rings (SSSR count). The van der Waals surface area contributed by atoms with Crippen molar-refractivity contribution in [3.05, 3.63) is 12.2 Å². The molecule has 14 heavy (non-hydrogen) atoms. The maximum atomic E-state index is 11.0. The van der Waals surface area contributed by atoms with Gasteiger partial charge in [-0.05, 0) is 6.92 Å². The minimum atomic E-state index is -0.454. The summed E-state index contributed by atoms with van der Waals surface area (Å²) in [5, 5.41) is -0.223. The van der Waals surface area contributed by atoms with Crippen molar-refractivity contribution >= 4 is 34.4 Å². The molecule has 0 heterocycles. The fourth-order valence-corrected chi connectivity index (χ4v) is 1.58. The van der Waals surface area contributed by atoms with E-state index in [4.69, 9.17) is 16.3 Å². The summed E-state index contributed by atoms with van der Waals surface area (Å²) < 4.78 is 4.86. The van der Waals surface area contributed by atoms with Gasteiger partial charge in [-0.25, -0.2) is 4.79 Å². The van der Waals surface area contributed by atoms with Crippen molar-refractivity contribution in [1.29, 1.82) is 0 Å². The van der Waals surface area contributed by atoms with Gasteiger partial charge >= 0.3 is 5.97 Å². The summed E-state index contributed by atoms with van der Waals surface area (Å²) in [6.45, 7) is 6.59. The Morgan fingerprint density at radius 1 is 1.50 bits per heavy atom. The predicted octanol–water partition coefficient (Wildman–Crippen LogP) is 1.99. The molecule has 0 aliphatic carbocycles. The van der Waals surface area contributed by atoms with Crippen LogP contribution in [0.15, 0.2) is 12.2 Å². The minimum Gasteiger partial charge on any atom is -0.461 e. The molecule has 5 heteroatoms. The normalized spacial score (nSPS) is 11.9. The molecule has 1 atom stereocenters. The van der Waals surface area contributed by atoms with Crippen LogP contribution in [-0.2, 0) is 14.3 Å². The monoisotopic (exact) mass is 236 g/mol. The van der Waals surface area contributed by atoms with Crippen LogP contribution < -0.4 is 0 Å². The lowest BCUT2D eigenvalue weighted by Gasteiger charge is -2.11. The van der Waals surface area contributed by atoms with Crippen molar-refractivity contribution in [2.45, 2.75) is 19.1 Å². The number of carbonyl (C=O) groups excluding carboxylic acids is 2. The second kappa shape index (κ2) is 6.90. The molecule has 0 aliphatic heterocycles. The Bertz CT molecular complexity index is 240. The number of hydrogen-bond donors (Lipinski definition) is 0. The summed E-state index contributed by atoms with van der Waals surface area (Å²) >= 11 is 6.66. The van der Waals surface area contributed by atoms with Crippen LogP contribution in [0.25, 0.3) is 0 Å². The first kappa shape index (κ1) is 13.5. The van der Waals surface area contributed by atoms with Gasteiger partial charge in [-0.1, -0.05) is 18.3 Å². The van der Waals surface area contributed by atoms with Crippen LogP contribution in [0.4, 0.5) is 0 Å². The molecule has 0 fully saturated rings. The maximum Gasteiger partial charge on any atom is 0.333 e. The molecule has 0 aromatic rings. The Labute approximate surface area is 92.8 Å². The van der Waals surface area contributed by atoms with E-state index < -0.39 is 5.97 Å². The van der Waals surface area contributed by atoms with Crippen LogP contribution in [0, 0.1) is 0 Å². The van der Waals surface area contributed by atoms with E-state index in [-0.39, 0.29) is 22.9 Å². The van der Waals surface area contributed by atoms with Crippen LogP contribution >= 0.6 is 23.4 Å². The molecule has 1 unspecified atom stereocenters. The zero-order valence-electron chi connectivity index (χ0n) is 8.21. The van der Waals surface area contributed by atoms with Crippen LogP contribution in [0.1, 0.15) is 13.8 Å². The molecule has 0 N–H and O–H groups in total. The molecule has 0 saturated heterocycles. The number of hydrogen-bond acceptors (Lipinski definition) is 4. The van der Waals surface area contributed by atoms with Crippen molar-refractivity contribution in [1.82, 2.24) is 0 Å². The topological polar surface area (TPSA) is 43.4 Å². The highest BCUT2D eigenvalue weighted by molar-refractivity contribution is 8.14. The average molecular weight is 237 g/mol. The molecule has 80 valence electrons. The molecule has 0 aromatic carbocycles. The van der Waals surface area contributed by atoms with E-state index in [1.165, 1.54) is 6.92 Å². The maximum absolute atomic E-state index is 11.0. The first-order valence-corrected chi connectivity index (χ1v) is 5.44. The minimum absolute atomic E-state index is 0.0398. The Morgan fingerprint density at radius 2 is 2.07 bits per heavy atom. The largest absolute Gasteiger partial charge is 0.461 e. The van der Waals surface area contributed by atoms with Crippen LogP contribution in [0.5, 0.6) is 0 Å². The van der Waals surface area contributed by atoms with Crippen molar-refractivity contribution in [3.63, 3.8) is 0 Å². The second-order valence-electron chi connectivity index (χ2n) is 2.76. The van der Waals surface area contributed by atoms with Crippen molar-refractivity contribution in [2.24, 2.45) is 0 Å². The first-order chi connectivity index (χ1) is 6.47. The fourth-order valence-electron chi connectivity index (χ4n) is 0.637. The highest BCUT2D eigenvalue weighted by Gasteiger charge is 2.13. The van der Waals surface area contributed by atoms with Crippen molar-refractivity contribution in [3.8, 4) is 0 Å². The van der Waals surface area contributed by atoms with Crippen LogP contribution in [0.2, 0.25) is 0 Å². The molecule has 0 amide bonds. The third kappa shape index (κ3) is 6.05. The molecular weight excluding hydrogens is 224 g/mol. The van der Waals surface area contributed by atoms with E-state index in [0.717, 1.165) is 11.8 Å². The van der Waals surface area contributed by atoms with E-state index in [9.17, 15) is 9.59 Å². The van der Waals surface area contributed by atoms with Gasteiger partial charge in [0, 0.05) is 18.4 Å². The summed E-state index contributed by atoms with van der Waals surface area (Å²) in [5.41, 5.74) is 0.339. The van der Waals surface area contributed by atoms with Gasteiger partial charge in [0.05, 0.1) is 5.25 Å². The summed E-state index contributed by atoms with van der Waals surface area (Å²) in [4.78, 5) is 21.7. The molecule has 0 spiro atoms. The van der Waals surface area contributed by atoms with E-state index >= 15 is 0 Å². The number of ether oxygens (including phenoxy) is 1. The first-order valence-electron chi connectivity index (χ1n) is 4.03. The molecule has 3 nitrogen and oxygen atoms in total. The third-order valence-corrected chi connectivity index (χ3v) is 2.78. The lowest BCUT2D eigenvalue weighted by Crippen LogP contribution is -2.19. The fraction of sp³-hybridized carbons (Fsp3) is 0.556. The Balaban J connectivity index is 3.89. The van der Waals surface area contributed by atoms with Crippen LogP contribution in [-0.4, -0.2) is 28.8 Å². The number of alkyl halides is 1. The molecule has 0 aliphatic rings. The van der Waals surface area contributed by atoms with Gasteiger partial charge in [-0.2, -0.15) is 0 Å². The zero-order chi connectivity index (χ0) is 11.1. The second-order valence-corrected chi connectivity index (χ2v) is 4.55. The van der Waals surface area contributed by atoms with Gasteiger partial charge < -0.3 is 4.74 Å². The Morgan fingerprint density at radius 3 is 2.43 bits per heavy atom. The Hall–Kier alpha value is -0.480. The van der Waals surface area contributed by atoms with Crippen molar-refractivity contribution < 1.29 is 14.3 Å². The quantitative estimate of drug-likeness (QED) is 0.416. The number of esters is 1. The summed E-state index contributed by atoms with van der Waals surface area (Å²) in [7, 11) is 0. The lowest BCUT2D eigenvalue weighted by molar-refractivity contribution is -0.138. The van der Waals surface area contributed by atoms with Gasteiger partial charge in [0.25, 0.3) is 0 Å². The lowest BCUT2D eigenvalue weighted by atomic mass is 10.4. The Kier molecular flexibility index (Phi) is 6.66. The van der Waals surface area contributed by atoms with E-state index in [1.54, 1.807) is 6.92 Å². The standard InChI is InChI=1S/C9H13ClO3S/c1-6(2)9(12)13-5-8(4-10)14-7(3)11/h8H,1,4-5H2,2-3H3. The van der Waals surface area contributed by atoms with Gasteiger partial charge in [0.1, 0.15) is 6.61 Å². The highest BCUT2D eigenvalue weighted by Crippen LogP contribution is 2.14. The number of rotatable bonds is 5. The number of thioether (sulfide) groups is 1. The summed E-state index contributed by atoms with van der Waals surface area (Å²) in [6.07, 6.45) is 0. The SMILES string of the molecule is C=C(C)C(=O)OCC(CCl)SC(C)=O. The molecule has 0 aromatic heterocycles. The van der Waals surface area contributed by atoms with Gasteiger partial charge in [0.2, 0.25) is 0 Å². The van der Waals surface area contributed by atoms with Gasteiger partial charge in [-0.3, -0.25) is 4.79 Å². The van der Waals surface area contributed by atoms with Gasteiger partial charge in [-0.15, -0.1) is 11.6 Å². The van der Waals surface area contributed by atoms with Gasteiger partial charge in [0.15, 0.2) is 5.12 Å². The number of halogens is 1. The molecule has 0 bridgehead atoms. The molecule has 0 radical (unpaired) electrons. The highest BCUT2D eigenvalue weighted by atomic mass is 35.5. The number of carbonyl (C=O) groups is 2. The third-order valence-electron chi connectivity index (χ3n) is 1.25. The van der Waals surface area contributed by atoms with Crippen LogP contribution in [0.3, 0.4) is 0 Å².